The molecule has 6 nitrogen and oxygen atoms in total. The maximum absolute atomic E-state index is 12.9. The van der Waals surface area contributed by atoms with Crippen LogP contribution in [0.5, 0.6) is 5.75 Å². The molecule has 1 amide bonds. The van der Waals surface area contributed by atoms with E-state index in [1.165, 1.54) is 5.56 Å². The number of aryl methyl sites for hydroxylation is 3. The smallest absolute Gasteiger partial charge is 0.253 e. The lowest BCUT2D eigenvalue weighted by Gasteiger charge is -2.34. The van der Waals surface area contributed by atoms with Gasteiger partial charge >= 0.3 is 0 Å². The van der Waals surface area contributed by atoms with Crippen LogP contribution in [-0.4, -0.2) is 51.7 Å². The first kappa shape index (κ1) is 22.4. The van der Waals surface area contributed by atoms with Crippen molar-refractivity contribution in [2.24, 2.45) is 7.05 Å². The molecule has 1 aliphatic heterocycles. The average Bonchev–Trinajstić information content (AvgIpc) is 3.11. The van der Waals surface area contributed by atoms with Crippen LogP contribution >= 0.6 is 11.6 Å². The summed E-state index contributed by atoms with van der Waals surface area (Å²) in [5.41, 5.74) is 5.04. The molecule has 2 heterocycles. The number of halogens is 1. The van der Waals surface area contributed by atoms with Gasteiger partial charge in [-0.05, 0) is 55.3 Å². The van der Waals surface area contributed by atoms with E-state index in [0.29, 0.717) is 12.2 Å². The molecule has 0 atom stereocenters. The summed E-state index contributed by atoms with van der Waals surface area (Å²) in [5, 5.41) is 5.15. The Kier molecular flexibility index (Phi) is 6.82. The number of carbonyl (C=O) groups excluding carboxylic acids is 1. The SMILES string of the molecule is Cc1cc(OCc2ccc(C(=O)N3CCN(Cc4cn(C)nc4C)CC3)cc2)ccc1Cl. The monoisotopic (exact) mass is 452 g/mol. The highest BCUT2D eigenvalue weighted by molar-refractivity contribution is 6.31. The number of ether oxygens (including phenoxy) is 1. The summed E-state index contributed by atoms with van der Waals surface area (Å²) >= 11 is 6.06. The van der Waals surface area contributed by atoms with Crippen molar-refractivity contribution < 1.29 is 9.53 Å². The summed E-state index contributed by atoms with van der Waals surface area (Å²) in [6.07, 6.45) is 2.08. The lowest BCUT2D eigenvalue weighted by Crippen LogP contribution is -2.48. The second-order valence-electron chi connectivity index (χ2n) is 8.38. The van der Waals surface area contributed by atoms with Gasteiger partial charge in [-0.25, -0.2) is 0 Å². The van der Waals surface area contributed by atoms with Crippen molar-refractivity contribution in [3.05, 3.63) is 81.6 Å². The zero-order chi connectivity index (χ0) is 22.7. The third kappa shape index (κ3) is 5.31. The van der Waals surface area contributed by atoms with E-state index in [9.17, 15) is 4.79 Å². The van der Waals surface area contributed by atoms with Crippen LogP contribution in [-0.2, 0) is 20.2 Å². The zero-order valence-electron chi connectivity index (χ0n) is 18.8. The third-order valence-corrected chi connectivity index (χ3v) is 6.33. The highest BCUT2D eigenvalue weighted by Crippen LogP contribution is 2.22. The second-order valence-corrected chi connectivity index (χ2v) is 8.79. The normalized spacial score (nSPS) is 14.6. The van der Waals surface area contributed by atoms with Crippen LogP contribution in [0, 0.1) is 13.8 Å². The molecule has 32 heavy (non-hydrogen) atoms. The van der Waals surface area contributed by atoms with Crippen LogP contribution in [0.25, 0.3) is 0 Å². The molecule has 1 saturated heterocycles. The van der Waals surface area contributed by atoms with Gasteiger partial charge in [0, 0.05) is 62.1 Å². The Morgan fingerprint density at radius 2 is 1.78 bits per heavy atom. The molecule has 0 spiro atoms. The van der Waals surface area contributed by atoms with Crippen LogP contribution in [0.15, 0.2) is 48.7 Å². The predicted octanol–water partition coefficient (Wildman–Crippen LogP) is 4.23. The van der Waals surface area contributed by atoms with Crippen molar-refractivity contribution in [2.75, 3.05) is 26.2 Å². The van der Waals surface area contributed by atoms with E-state index >= 15 is 0 Å². The van der Waals surface area contributed by atoms with Crippen molar-refractivity contribution >= 4 is 17.5 Å². The Morgan fingerprint density at radius 1 is 1.06 bits per heavy atom. The first-order valence-electron chi connectivity index (χ1n) is 10.9. The van der Waals surface area contributed by atoms with E-state index in [1.807, 2.05) is 72.9 Å². The lowest BCUT2D eigenvalue weighted by molar-refractivity contribution is 0.0628. The quantitative estimate of drug-likeness (QED) is 0.561. The molecule has 4 rings (SSSR count). The predicted molar refractivity (Wildman–Crippen MR) is 126 cm³/mol. The summed E-state index contributed by atoms with van der Waals surface area (Å²) in [6.45, 7) is 8.53. The van der Waals surface area contributed by atoms with Crippen LogP contribution in [0.2, 0.25) is 5.02 Å². The Labute approximate surface area is 194 Å². The van der Waals surface area contributed by atoms with Gasteiger partial charge in [-0.1, -0.05) is 23.7 Å². The molecule has 168 valence electrons. The number of benzene rings is 2. The van der Waals surface area contributed by atoms with Gasteiger partial charge in [0.15, 0.2) is 0 Å². The van der Waals surface area contributed by atoms with Crippen molar-refractivity contribution in [1.29, 1.82) is 0 Å². The molecular weight excluding hydrogens is 424 g/mol. The third-order valence-electron chi connectivity index (χ3n) is 5.90. The van der Waals surface area contributed by atoms with E-state index in [2.05, 4.69) is 16.2 Å². The van der Waals surface area contributed by atoms with Gasteiger partial charge in [-0.2, -0.15) is 5.10 Å². The maximum atomic E-state index is 12.9. The molecule has 1 fully saturated rings. The minimum Gasteiger partial charge on any atom is -0.489 e. The first-order valence-corrected chi connectivity index (χ1v) is 11.3. The van der Waals surface area contributed by atoms with Crippen molar-refractivity contribution in [3.63, 3.8) is 0 Å². The summed E-state index contributed by atoms with van der Waals surface area (Å²) < 4.78 is 7.71. The van der Waals surface area contributed by atoms with Gasteiger partial charge < -0.3 is 9.64 Å². The molecule has 0 saturated carbocycles. The van der Waals surface area contributed by atoms with Gasteiger partial charge in [-0.15, -0.1) is 0 Å². The Hall–Kier alpha value is -2.83. The van der Waals surface area contributed by atoms with Gasteiger partial charge in [-0.3, -0.25) is 14.4 Å². The summed E-state index contributed by atoms with van der Waals surface area (Å²) in [6, 6.07) is 13.3. The van der Waals surface area contributed by atoms with Crippen LogP contribution in [0.1, 0.15) is 32.7 Å². The van der Waals surface area contributed by atoms with Gasteiger partial charge in [0.05, 0.1) is 5.69 Å². The lowest BCUT2D eigenvalue weighted by atomic mass is 10.1. The highest BCUT2D eigenvalue weighted by atomic mass is 35.5. The second kappa shape index (κ2) is 9.76. The van der Waals surface area contributed by atoms with Gasteiger partial charge in [0.25, 0.3) is 5.91 Å². The van der Waals surface area contributed by atoms with Crippen LogP contribution in [0.4, 0.5) is 0 Å². The Balaban J connectivity index is 1.28. The summed E-state index contributed by atoms with van der Waals surface area (Å²) in [7, 11) is 1.95. The minimum atomic E-state index is 0.0861. The van der Waals surface area contributed by atoms with Gasteiger partial charge in [0.2, 0.25) is 0 Å². The number of carbonyl (C=O) groups is 1. The summed E-state index contributed by atoms with van der Waals surface area (Å²) in [4.78, 5) is 17.3. The highest BCUT2D eigenvalue weighted by Gasteiger charge is 2.22. The fraction of sp³-hybridized carbons (Fsp3) is 0.360. The molecule has 0 radical (unpaired) electrons. The van der Waals surface area contributed by atoms with Crippen molar-refractivity contribution in [3.8, 4) is 5.75 Å². The molecule has 0 unspecified atom stereocenters. The number of rotatable bonds is 6. The van der Waals surface area contributed by atoms with E-state index in [0.717, 1.165) is 60.3 Å². The number of nitrogens with zero attached hydrogens (tertiary/aromatic N) is 4. The molecule has 0 N–H and O–H groups in total. The van der Waals surface area contributed by atoms with Gasteiger partial charge in [0.1, 0.15) is 12.4 Å². The Bertz CT molecular complexity index is 1090. The van der Waals surface area contributed by atoms with Crippen molar-refractivity contribution in [2.45, 2.75) is 27.0 Å². The summed E-state index contributed by atoms with van der Waals surface area (Å²) in [5.74, 6) is 0.870. The molecule has 1 aliphatic rings. The number of piperazine rings is 1. The first-order chi connectivity index (χ1) is 15.4. The Morgan fingerprint density at radius 3 is 2.41 bits per heavy atom. The zero-order valence-corrected chi connectivity index (χ0v) is 19.6. The van der Waals surface area contributed by atoms with E-state index in [-0.39, 0.29) is 5.91 Å². The number of aromatic nitrogens is 2. The van der Waals surface area contributed by atoms with Crippen LogP contribution in [0.3, 0.4) is 0 Å². The average molecular weight is 453 g/mol. The van der Waals surface area contributed by atoms with E-state index in [1.54, 1.807) is 0 Å². The molecule has 3 aromatic rings. The molecule has 0 aliphatic carbocycles. The van der Waals surface area contributed by atoms with Crippen LogP contribution < -0.4 is 4.74 Å². The number of hydrogen-bond donors (Lipinski definition) is 0. The van der Waals surface area contributed by atoms with E-state index < -0.39 is 0 Å². The fourth-order valence-corrected chi connectivity index (χ4v) is 4.07. The van der Waals surface area contributed by atoms with E-state index in [4.69, 9.17) is 16.3 Å². The number of amides is 1. The molecular formula is C25H29ClN4O2. The standard InChI is InChI=1S/C25H29ClN4O2/c1-18-14-23(8-9-24(18)26)32-17-20-4-6-21(7-5-20)25(31)30-12-10-29(11-13-30)16-22-15-28(3)27-19(22)2/h4-9,14-15H,10-13,16-17H2,1-3H3. The largest absolute Gasteiger partial charge is 0.489 e. The van der Waals surface area contributed by atoms with Crippen molar-refractivity contribution in [1.82, 2.24) is 19.6 Å². The molecule has 1 aromatic heterocycles. The minimum absolute atomic E-state index is 0.0861. The maximum Gasteiger partial charge on any atom is 0.253 e. The molecule has 0 bridgehead atoms. The number of hydrogen-bond acceptors (Lipinski definition) is 4. The molecule has 7 heteroatoms. The fourth-order valence-electron chi connectivity index (χ4n) is 3.95. The topological polar surface area (TPSA) is 50.6 Å². The molecule has 2 aromatic carbocycles.